The maximum atomic E-state index is 12.4. The molecule has 1 aliphatic rings. The van der Waals surface area contributed by atoms with Crippen LogP contribution in [0, 0.1) is 0 Å². The van der Waals surface area contributed by atoms with Gasteiger partial charge in [-0.15, -0.1) is 0 Å². The standard InChI is InChI=1S/C17H22F3N3O3/c1-2-23(10-15(24)25)14-7-13(8-14)22-16(26)21-12-5-3-4-11(6-12)9-17(18,19)20/h3-6,13-14H,2,7-10H2,1H3,(H,24,25)(H2,21,22,26). The molecule has 1 aliphatic carbocycles. The van der Waals surface area contributed by atoms with Crippen molar-refractivity contribution in [3.63, 3.8) is 0 Å². The van der Waals surface area contributed by atoms with Crippen LogP contribution in [-0.2, 0) is 11.2 Å². The molecule has 6 nitrogen and oxygen atoms in total. The Morgan fingerprint density at radius 1 is 1.31 bits per heavy atom. The molecule has 2 rings (SSSR count). The molecule has 1 aromatic carbocycles. The third-order valence-electron chi connectivity index (χ3n) is 4.30. The van der Waals surface area contributed by atoms with Gasteiger partial charge in [0.05, 0.1) is 13.0 Å². The van der Waals surface area contributed by atoms with Crippen LogP contribution in [0.15, 0.2) is 24.3 Å². The highest BCUT2D eigenvalue weighted by Gasteiger charge is 2.34. The summed E-state index contributed by atoms with van der Waals surface area (Å²) in [6.07, 6.45) is -4.07. The van der Waals surface area contributed by atoms with Crippen molar-refractivity contribution in [2.75, 3.05) is 18.4 Å². The Balaban J connectivity index is 1.80. The van der Waals surface area contributed by atoms with E-state index in [2.05, 4.69) is 10.6 Å². The number of alkyl halides is 3. The van der Waals surface area contributed by atoms with Crippen molar-refractivity contribution in [3.05, 3.63) is 29.8 Å². The van der Waals surface area contributed by atoms with E-state index in [-0.39, 0.29) is 24.2 Å². The monoisotopic (exact) mass is 373 g/mol. The molecule has 0 aromatic heterocycles. The van der Waals surface area contributed by atoms with Gasteiger partial charge in [0.25, 0.3) is 0 Å². The predicted octanol–water partition coefficient (Wildman–Crippen LogP) is 2.85. The molecule has 0 spiro atoms. The molecule has 0 aliphatic heterocycles. The number of rotatable bonds is 7. The second-order valence-corrected chi connectivity index (χ2v) is 6.37. The van der Waals surface area contributed by atoms with E-state index in [9.17, 15) is 22.8 Å². The van der Waals surface area contributed by atoms with Crippen LogP contribution in [0.5, 0.6) is 0 Å². The molecule has 144 valence electrons. The lowest BCUT2D eigenvalue weighted by Crippen LogP contribution is -2.55. The van der Waals surface area contributed by atoms with Gasteiger partial charge in [0, 0.05) is 17.8 Å². The number of aliphatic carboxylic acids is 1. The molecular weight excluding hydrogens is 351 g/mol. The van der Waals surface area contributed by atoms with Crippen molar-refractivity contribution >= 4 is 17.7 Å². The third-order valence-corrected chi connectivity index (χ3v) is 4.30. The molecule has 0 radical (unpaired) electrons. The van der Waals surface area contributed by atoms with Crippen LogP contribution in [0.25, 0.3) is 0 Å². The Labute approximate surface area is 149 Å². The number of carbonyl (C=O) groups is 2. The van der Waals surface area contributed by atoms with Crippen molar-refractivity contribution in [1.29, 1.82) is 0 Å². The van der Waals surface area contributed by atoms with Gasteiger partial charge >= 0.3 is 18.2 Å². The van der Waals surface area contributed by atoms with Gasteiger partial charge in [-0.3, -0.25) is 9.69 Å². The maximum Gasteiger partial charge on any atom is 0.393 e. The maximum absolute atomic E-state index is 12.4. The van der Waals surface area contributed by atoms with Crippen molar-refractivity contribution in [2.24, 2.45) is 0 Å². The quantitative estimate of drug-likeness (QED) is 0.687. The molecule has 0 unspecified atom stereocenters. The molecular formula is C17H22F3N3O3. The summed E-state index contributed by atoms with van der Waals surface area (Å²) in [4.78, 5) is 24.6. The van der Waals surface area contributed by atoms with E-state index in [1.807, 2.05) is 11.8 Å². The predicted molar refractivity (Wildman–Crippen MR) is 90.0 cm³/mol. The van der Waals surface area contributed by atoms with Gasteiger partial charge in [-0.2, -0.15) is 13.2 Å². The number of likely N-dealkylation sites (N-methyl/N-ethyl adjacent to an activating group) is 1. The van der Waals surface area contributed by atoms with Crippen molar-refractivity contribution in [3.8, 4) is 0 Å². The van der Waals surface area contributed by atoms with E-state index in [1.165, 1.54) is 24.3 Å². The Morgan fingerprint density at radius 3 is 2.58 bits per heavy atom. The highest BCUT2D eigenvalue weighted by Crippen LogP contribution is 2.26. The molecule has 1 aromatic rings. The van der Waals surface area contributed by atoms with Crippen LogP contribution < -0.4 is 10.6 Å². The second-order valence-electron chi connectivity index (χ2n) is 6.37. The van der Waals surface area contributed by atoms with Crippen LogP contribution in [0.2, 0.25) is 0 Å². The summed E-state index contributed by atoms with van der Waals surface area (Å²) in [6, 6.07) is 5.17. The highest BCUT2D eigenvalue weighted by molar-refractivity contribution is 5.89. The van der Waals surface area contributed by atoms with Crippen molar-refractivity contribution in [1.82, 2.24) is 10.2 Å². The van der Waals surface area contributed by atoms with Gasteiger partial charge in [-0.1, -0.05) is 19.1 Å². The summed E-state index contributed by atoms with van der Waals surface area (Å²) in [5.41, 5.74) is 0.368. The first-order chi connectivity index (χ1) is 12.2. The van der Waals surface area contributed by atoms with Crippen molar-refractivity contribution < 1.29 is 27.9 Å². The fourth-order valence-electron chi connectivity index (χ4n) is 3.02. The topological polar surface area (TPSA) is 81.7 Å². The Hall–Kier alpha value is -2.29. The second kappa shape index (κ2) is 8.39. The number of amides is 2. The number of carboxylic acids is 1. The Morgan fingerprint density at radius 2 is 2.00 bits per heavy atom. The molecule has 0 atom stereocenters. The molecule has 26 heavy (non-hydrogen) atoms. The fraction of sp³-hybridized carbons (Fsp3) is 0.529. The number of carboxylic acid groups (broad SMARTS) is 1. The van der Waals surface area contributed by atoms with E-state index in [1.54, 1.807) is 0 Å². The van der Waals surface area contributed by atoms with Crippen LogP contribution >= 0.6 is 0 Å². The number of urea groups is 1. The number of hydrogen-bond donors (Lipinski definition) is 3. The van der Waals surface area contributed by atoms with Gasteiger partial charge < -0.3 is 15.7 Å². The molecule has 2 amide bonds. The average molecular weight is 373 g/mol. The molecule has 0 saturated heterocycles. The number of nitrogens with zero attached hydrogens (tertiary/aromatic N) is 1. The summed E-state index contributed by atoms with van der Waals surface area (Å²) in [6.45, 7) is 2.46. The van der Waals surface area contributed by atoms with E-state index in [0.29, 0.717) is 25.1 Å². The molecule has 1 fully saturated rings. The Kier molecular flexibility index (Phi) is 6.47. The number of nitrogens with one attached hydrogen (secondary N) is 2. The van der Waals surface area contributed by atoms with Gasteiger partial charge in [0.2, 0.25) is 0 Å². The minimum absolute atomic E-state index is 0.0356. The van der Waals surface area contributed by atoms with Gasteiger partial charge in [-0.05, 0) is 37.1 Å². The fourth-order valence-corrected chi connectivity index (χ4v) is 3.02. The summed E-state index contributed by atoms with van der Waals surface area (Å²) in [5.74, 6) is -0.889. The summed E-state index contributed by atoms with van der Waals surface area (Å²) in [7, 11) is 0. The van der Waals surface area contributed by atoms with Crippen LogP contribution in [-0.4, -0.2) is 53.4 Å². The lowest BCUT2D eigenvalue weighted by atomic mass is 9.85. The number of halogens is 3. The Bertz CT molecular complexity index is 646. The van der Waals surface area contributed by atoms with E-state index in [4.69, 9.17) is 5.11 Å². The van der Waals surface area contributed by atoms with Crippen LogP contribution in [0.4, 0.5) is 23.7 Å². The lowest BCUT2D eigenvalue weighted by Gasteiger charge is -2.42. The smallest absolute Gasteiger partial charge is 0.393 e. The minimum atomic E-state index is -4.30. The molecule has 0 bridgehead atoms. The number of benzene rings is 1. The molecule has 1 saturated carbocycles. The minimum Gasteiger partial charge on any atom is -0.480 e. The van der Waals surface area contributed by atoms with Gasteiger partial charge in [-0.25, -0.2) is 4.79 Å². The zero-order chi connectivity index (χ0) is 19.3. The van der Waals surface area contributed by atoms with Crippen molar-refractivity contribution in [2.45, 2.75) is 44.4 Å². The third kappa shape index (κ3) is 6.21. The first-order valence-corrected chi connectivity index (χ1v) is 8.35. The van der Waals surface area contributed by atoms with E-state index < -0.39 is 24.6 Å². The zero-order valence-electron chi connectivity index (χ0n) is 14.3. The largest absolute Gasteiger partial charge is 0.480 e. The lowest BCUT2D eigenvalue weighted by molar-refractivity contribution is -0.139. The summed E-state index contributed by atoms with van der Waals surface area (Å²) < 4.78 is 37.3. The van der Waals surface area contributed by atoms with E-state index >= 15 is 0 Å². The van der Waals surface area contributed by atoms with Gasteiger partial charge in [0.1, 0.15) is 0 Å². The number of anilines is 1. The number of hydrogen-bond acceptors (Lipinski definition) is 3. The van der Waals surface area contributed by atoms with Gasteiger partial charge in [0.15, 0.2) is 0 Å². The summed E-state index contributed by atoms with van der Waals surface area (Å²) in [5, 5.41) is 14.1. The molecule has 3 N–H and O–H groups in total. The van der Waals surface area contributed by atoms with Crippen LogP contribution in [0.3, 0.4) is 0 Å². The number of carbonyl (C=O) groups excluding carboxylic acids is 1. The molecule has 0 heterocycles. The average Bonchev–Trinajstić information content (AvgIpc) is 2.47. The normalized spacial score (nSPS) is 19.7. The van der Waals surface area contributed by atoms with Crippen LogP contribution in [0.1, 0.15) is 25.3 Å². The summed E-state index contributed by atoms with van der Waals surface area (Å²) >= 11 is 0. The zero-order valence-corrected chi connectivity index (χ0v) is 14.3. The highest BCUT2D eigenvalue weighted by atomic mass is 19.4. The van der Waals surface area contributed by atoms with E-state index in [0.717, 1.165) is 0 Å². The molecule has 9 heteroatoms. The first-order valence-electron chi connectivity index (χ1n) is 8.35. The first kappa shape index (κ1) is 20.0. The SMILES string of the molecule is CCN(CC(=O)O)C1CC(NC(=O)Nc2cccc(CC(F)(F)F)c2)C1.